The van der Waals surface area contributed by atoms with Gasteiger partial charge in [0, 0.05) is 11.5 Å². The van der Waals surface area contributed by atoms with Crippen molar-refractivity contribution in [2.24, 2.45) is 17.3 Å². The maximum Gasteiger partial charge on any atom is 0.420 e. The molecule has 5 aliphatic rings. The number of amides is 1. The second-order valence-corrected chi connectivity index (χ2v) is 12.3. The second kappa shape index (κ2) is 7.82. The zero-order chi connectivity index (χ0) is 26.4. The minimum atomic E-state index is -0.634. The van der Waals surface area contributed by atoms with Crippen LogP contribution in [0.2, 0.25) is 0 Å². The average Bonchev–Trinajstić information content (AvgIpc) is 3.34. The van der Waals surface area contributed by atoms with Gasteiger partial charge in [0.05, 0.1) is 17.1 Å². The number of hydrogen-bond donors (Lipinski definition) is 0. The van der Waals surface area contributed by atoms with Crippen molar-refractivity contribution < 1.29 is 23.8 Å². The van der Waals surface area contributed by atoms with Crippen molar-refractivity contribution in [3.8, 4) is 11.5 Å². The average molecular weight is 512 g/mol. The van der Waals surface area contributed by atoms with Crippen LogP contribution in [0.15, 0.2) is 71.8 Å². The number of nitrogens with zero attached hydrogens (tertiary/aromatic N) is 1. The molecule has 3 aliphatic carbocycles. The lowest BCUT2D eigenvalue weighted by atomic mass is 9.71. The number of carbonyl (C=O) groups excluding carboxylic acids is 2. The molecule has 0 aromatic heterocycles. The first-order valence-corrected chi connectivity index (χ1v) is 13.7. The minimum Gasteiger partial charge on any atom is -0.426 e. The first kappa shape index (κ1) is 23.7. The smallest absolute Gasteiger partial charge is 0.420 e. The van der Waals surface area contributed by atoms with Crippen LogP contribution in [0.3, 0.4) is 0 Å². The number of esters is 1. The summed E-state index contributed by atoms with van der Waals surface area (Å²) in [7, 11) is 0. The SMILES string of the molecule is CC1=C2C3/C=C\CC[C@@H]4N(C(=O)Oc5ccccc5)c5ccc(OC(=O)C(C)(C)C)cc5[C@]5(O[C@@]145)[C@H]2CC3. The van der Waals surface area contributed by atoms with Crippen molar-refractivity contribution in [2.75, 3.05) is 4.90 Å². The summed E-state index contributed by atoms with van der Waals surface area (Å²) in [5, 5.41) is 0. The summed E-state index contributed by atoms with van der Waals surface area (Å²) in [4.78, 5) is 28.5. The van der Waals surface area contributed by atoms with E-state index in [0.717, 1.165) is 36.9 Å². The summed E-state index contributed by atoms with van der Waals surface area (Å²) in [6.07, 6.45) is 7.99. The summed E-state index contributed by atoms with van der Waals surface area (Å²) in [6, 6.07) is 14.6. The number of benzene rings is 2. The molecule has 196 valence electrons. The van der Waals surface area contributed by atoms with E-state index >= 15 is 0 Å². The third-order valence-electron chi connectivity index (χ3n) is 9.21. The fourth-order valence-electron chi connectivity index (χ4n) is 7.62. The topological polar surface area (TPSA) is 68.4 Å². The maximum absolute atomic E-state index is 13.9. The van der Waals surface area contributed by atoms with E-state index in [4.69, 9.17) is 14.2 Å². The van der Waals surface area contributed by atoms with E-state index in [1.807, 2.05) is 56.0 Å². The van der Waals surface area contributed by atoms with E-state index in [1.54, 1.807) is 18.2 Å². The number of fused-ring (bicyclic) bond motifs is 1. The highest BCUT2D eigenvalue weighted by atomic mass is 16.6. The zero-order valence-electron chi connectivity index (χ0n) is 22.3. The van der Waals surface area contributed by atoms with Crippen molar-refractivity contribution in [2.45, 2.75) is 70.6 Å². The monoisotopic (exact) mass is 511 g/mol. The Morgan fingerprint density at radius 3 is 2.53 bits per heavy atom. The Bertz CT molecular complexity index is 1420. The van der Waals surface area contributed by atoms with Gasteiger partial charge in [0.25, 0.3) is 0 Å². The van der Waals surface area contributed by atoms with Crippen LogP contribution in [0.4, 0.5) is 10.5 Å². The molecule has 1 saturated heterocycles. The van der Waals surface area contributed by atoms with E-state index in [1.165, 1.54) is 11.1 Å². The first-order chi connectivity index (χ1) is 18.2. The van der Waals surface area contributed by atoms with Crippen LogP contribution in [-0.2, 0) is 15.1 Å². The molecule has 6 nitrogen and oxygen atoms in total. The van der Waals surface area contributed by atoms with E-state index in [-0.39, 0.29) is 17.9 Å². The number of ether oxygens (including phenoxy) is 3. The highest BCUT2D eigenvalue weighted by Gasteiger charge is 2.85. The molecule has 38 heavy (non-hydrogen) atoms. The number of para-hydroxylation sites is 1. The first-order valence-electron chi connectivity index (χ1n) is 13.7. The summed E-state index contributed by atoms with van der Waals surface area (Å²) < 4.78 is 18.7. The Balaban J connectivity index is 1.39. The number of carbonyl (C=O) groups is 2. The van der Waals surface area contributed by atoms with Crippen LogP contribution in [0, 0.1) is 17.3 Å². The number of rotatable bonds is 2. The van der Waals surface area contributed by atoms with Crippen LogP contribution < -0.4 is 14.4 Å². The van der Waals surface area contributed by atoms with Gasteiger partial charge >= 0.3 is 12.1 Å². The Labute approximate surface area is 223 Å². The van der Waals surface area contributed by atoms with Crippen LogP contribution in [0.25, 0.3) is 0 Å². The molecule has 2 fully saturated rings. The van der Waals surface area contributed by atoms with Gasteiger partial charge in [-0.2, -0.15) is 0 Å². The Kier molecular flexibility index (Phi) is 4.88. The van der Waals surface area contributed by atoms with Gasteiger partial charge in [-0.15, -0.1) is 0 Å². The summed E-state index contributed by atoms with van der Waals surface area (Å²) in [6.45, 7) is 7.73. The molecule has 7 rings (SSSR count). The molecule has 1 saturated carbocycles. The van der Waals surface area contributed by atoms with Gasteiger partial charge in [-0.1, -0.05) is 35.9 Å². The van der Waals surface area contributed by atoms with Crippen molar-refractivity contribution in [3.05, 3.63) is 77.4 Å². The minimum absolute atomic E-state index is 0.198. The van der Waals surface area contributed by atoms with Gasteiger partial charge < -0.3 is 14.2 Å². The van der Waals surface area contributed by atoms with Crippen LogP contribution in [0.1, 0.15) is 58.9 Å². The molecule has 2 bridgehead atoms. The van der Waals surface area contributed by atoms with Gasteiger partial charge in [-0.3, -0.25) is 9.69 Å². The zero-order valence-corrected chi connectivity index (χ0v) is 22.3. The van der Waals surface area contributed by atoms with Gasteiger partial charge in [0.15, 0.2) is 0 Å². The third-order valence-corrected chi connectivity index (χ3v) is 9.21. The predicted octanol–water partition coefficient (Wildman–Crippen LogP) is 6.70. The lowest BCUT2D eigenvalue weighted by molar-refractivity contribution is -0.143. The fraction of sp³-hybridized carbons (Fsp3) is 0.438. The van der Waals surface area contributed by atoms with Crippen molar-refractivity contribution in [1.82, 2.24) is 0 Å². The molecular formula is C32H33NO5. The molecule has 0 N–H and O–H groups in total. The second-order valence-electron chi connectivity index (χ2n) is 12.3. The number of anilines is 1. The maximum atomic E-state index is 13.9. The molecule has 5 atom stereocenters. The summed E-state index contributed by atoms with van der Waals surface area (Å²) >= 11 is 0. The molecule has 2 aliphatic heterocycles. The van der Waals surface area contributed by atoms with Crippen LogP contribution >= 0.6 is 0 Å². The highest BCUT2D eigenvalue weighted by Crippen LogP contribution is 2.79. The predicted molar refractivity (Wildman–Crippen MR) is 143 cm³/mol. The summed E-state index contributed by atoms with van der Waals surface area (Å²) in [5.41, 5.74) is 2.67. The van der Waals surface area contributed by atoms with E-state index in [2.05, 4.69) is 19.1 Å². The summed E-state index contributed by atoms with van der Waals surface area (Å²) in [5.74, 6) is 1.34. The van der Waals surface area contributed by atoms with Crippen LogP contribution in [0.5, 0.6) is 11.5 Å². The van der Waals surface area contributed by atoms with Crippen molar-refractivity contribution >= 4 is 17.7 Å². The van der Waals surface area contributed by atoms with Gasteiger partial charge in [-0.25, -0.2) is 4.79 Å². The standard InChI is InChI=1S/C32H33NO5/c1-19-27-20-10-8-9-13-26-31(19)32(38-31,23(27)16-14-20)24-18-22(36-28(34)30(2,3)4)15-17-25(24)33(26)29(35)37-21-11-6-5-7-12-21/h5-8,10-12,15,17-18,20,23,26H,9,13-14,16H2,1-4H3/b10-8-/t20?,23-,26-,31-,32+/m0/s1. The van der Waals surface area contributed by atoms with E-state index in [9.17, 15) is 9.59 Å². The van der Waals surface area contributed by atoms with Crippen molar-refractivity contribution in [1.29, 1.82) is 0 Å². The molecule has 2 heterocycles. The largest absolute Gasteiger partial charge is 0.426 e. The highest BCUT2D eigenvalue weighted by molar-refractivity contribution is 5.94. The third kappa shape index (κ3) is 2.98. The number of hydrogen-bond acceptors (Lipinski definition) is 5. The molecule has 1 amide bonds. The molecule has 2 aromatic carbocycles. The lowest BCUT2D eigenvalue weighted by Gasteiger charge is -2.41. The number of epoxide rings is 1. The van der Waals surface area contributed by atoms with Crippen molar-refractivity contribution in [3.63, 3.8) is 0 Å². The Morgan fingerprint density at radius 2 is 1.76 bits per heavy atom. The van der Waals surface area contributed by atoms with Gasteiger partial charge in [0.2, 0.25) is 0 Å². The molecule has 6 heteroatoms. The Morgan fingerprint density at radius 1 is 0.974 bits per heavy atom. The van der Waals surface area contributed by atoms with Gasteiger partial charge in [-0.05, 0) is 95.2 Å². The molecule has 2 aromatic rings. The molecule has 1 spiro atoms. The lowest BCUT2D eigenvalue weighted by Crippen LogP contribution is -2.56. The Hall–Kier alpha value is -3.38. The number of allylic oxidation sites excluding steroid dienone is 2. The van der Waals surface area contributed by atoms with Crippen LogP contribution in [-0.4, -0.2) is 23.7 Å². The van der Waals surface area contributed by atoms with E-state index in [0.29, 0.717) is 17.4 Å². The fourth-order valence-corrected chi connectivity index (χ4v) is 7.62. The molecule has 1 unspecified atom stereocenters. The normalized spacial score (nSPS) is 32.9. The quantitative estimate of drug-likeness (QED) is 0.194. The van der Waals surface area contributed by atoms with E-state index < -0.39 is 22.7 Å². The molecular weight excluding hydrogens is 478 g/mol. The molecule has 0 radical (unpaired) electrons. The van der Waals surface area contributed by atoms with Gasteiger partial charge in [0.1, 0.15) is 22.7 Å².